The summed E-state index contributed by atoms with van der Waals surface area (Å²) in [5.74, 6) is 0.300. The van der Waals surface area contributed by atoms with Crippen molar-refractivity contribution in [3.63, 3.8) is 0 Å². The molecule has 3 nitrogen and oxygen atoms in total. The molecule has 0 heterocycles. The molecule has 0 fully saturated rings. The van der Waals surface area contributed by atoms with Crippen molar-refractivity contribution in [2.75, 3.05) is 7.11 Å². The molecule has 0 bridgehead atoms. The number of carbonyl (C=O) groups is 1. The zero-order valence-electron chi connectivity index (χ0n) is 15.4. The Labute approximate surface area is 155 Å². The second-order valence-corrected chi connectivity index (χ2v) is 6.12. The van der Waals surface area contributed by atoms with E-state index in [1.807, 2.05) is 56.3 Å². The fourth-order valence-corrected chi connectivity index (χ4v) is 2.47. The minimum atomic E-state index is -0.249. The van der Waals surface area contributed by atoms with Crippen LogP contribution < -0.4 is 4.74 Å². The molecule has 2 aromatic carbocycles. The van der Waals surface area contributed by atoms with Crippen molar-refractivity contribution in [2.24, 2.45) is 0 Å². The highest BCUT2D eigenvalue weighted by Gasteiger charge is 2.16. The van der Waals surface area contributed by atoms with Gasteiger partial charge in [0.15, 0.2) is 5.78 Å². The van der Waals surface area contributed by atoms with Gasteiger partial charge in [-0.1, -0.05) is 60.2 Å². The molecule has 26 heavy (non-hydrogen) atoms. The lowest BCUT2D eigenvalue weighted by Crippen LogP contribution is -2.00. The van der Waals surface area contributed by atoms with E-state index < -0.39 is 0 Å². The van der Waals surface area contributed by atoms with Crippen LogP contribution in [-0.4, -0.2) is 18.0 Å². The molecule has 2 aromatic rings. The molecule has 0 aliphatic carbocycles. The van der Waals surface area contributed by atoms with Gasteiger partial charge in [-0.25, -0.2) is 0 Å². The lowest BCUT2D eigenvalue weighted by molar-refractivity contribution is 0.104. The Morgan fingerprint density at radius 1 is 1.08 bits per heavy atom. The molecule has 0 saturated carbocycles. The van der Waals surface area contributed by atoms with E-state index in [2.05, 4.69) is 0 Å². The molecule has 1 N–H and O–H groups in total. The van der Waals surface area contributed by atoms with Crippen molar-refractivity contribution in [3.8, 4) is 11.5 Å². The van der Waals surface area contributed by atoms with E-state index in [9.17, 15) is 9.90 Å². The summed E-state index contributed by atoms with van der Waals surface area (Å²) < 4.78 is 5.31. The van der Waals surface area contributed by atoms with Gasteiger partial charge in [0.25, 0.3) is 0 Å². The predicted molar refractivity (Wildman–Crippen MR) is 107 cm³/mol. The van der Waals surface area contributed by atoms with Crippen LogP contribution in [0, 0.1) is 0 Å². The summed E-state index contributed by atoms with van der Waals surface area (Å²) in [5.41, 5.74) is 3.08. The van der Waals surface area contributed by atoms with Gasteiger partial charge in [0, 0.05) is 5.56 Å². The molecular weight excluding hydrogens is 324 g/mol. The third kappa shape index (κ3) is 5.21. The van der Waals surface area contributed by atoms with Crippen LogP contribution >= 0.6 is 0 Å². The highest BCUT2D eigenvalue weighted by molar-refractivity contribution is 6.07. The Bertz CT molecular complexity index is 839. The molecular formula is C23H24O3. The predicted octanol–water partition coefficient (Wildman–Crippen LogP) is 5.36. The maximum absolute atomic E-state index is 12.4. The minimum Gasteiger partial charge on any atom is -0.507 e. The topological polar surface area (TPSA) is 46.5 Å². The molecule has 0 aliphatic rings. The van der Waals surface area contributed by atoms with Crippen molar-refractivity contribution in [3.05, 3.63) is 89.0 Å². The third-order valence-electron chi connectivity index (χ3n) is 3.89. The molecule has 0 aliphatic heterocycles. The van der Waals surface area contributed by atoms with Gasteiger partial charge in [-0.05, 0) is 44.0 Å². The summed E-state index contributed by atoms with van der Waals surface area (Å²) in [5, 5.41) is 10.5. The number of methoxy groups -OCH3 is 1. The number of phenols is 1. The van der Waals surface area contributed by atoms with E-state index in [-0.39, 0.29) is 17.1 Å². The normalized spacial score (nSPS) is 11.0. The maximum atomic E-state index is 12.4. The standard InChI is InChI=1S/C23H24O3/c1-17(2)13-14-20-22(26-3)16-15-19(23(20)25)21(24)12-8-7-11-18-9-5-4-6-10-18/h4-13,15-16,25H,14H2,1-3H3/b11-7+,12-8+. The van der Waals surface area contributed by atoms with E-state index in [4.69, 9.17) is 4.74 Å². The first-order valence-electron chi connectivity index (χ1n) is 8.49. The molecule has 0 radical (unpaired) electrons. The Hall–Kier alpha value is -3.07. The summed E-state index contributed by atoms with van der Waals surface area (Å²) >= 11 is 0. The first-order valence-corrected chi connectivity index (χ1v) is 8.49. The van der Waals surface area contributed by atoms with E-state index in [0.717, 1.165) is 11.1 Å². The van der Waals surface area contributed by atoms with Gasteiger partial charge in [0.2, 0.25) is 0 Å². The summed E-state index contributed by atoms with van der Waals surface area (Å²) in [6.45, 7) is 3.97. The van der Waals surface area contributed by atoms with Gasteiger partial charge in [-0.3, -0.25) is 4.79 Å². The van der Waals surface area contributed by atoms with Gasteiger partial charge in [0.1, 0.15) is 11.5 Å². The molecule has 0 atom stereocenters. The van der Waals surface area contributed by atoms with Gasteiger partial charge in [0.05, 0.1) is 12.7 Å². The second kappa shape index (κ2) is 9.42. The minimum absolute atomic E-state index is 0.0245. The number of carbonyl (C=O) groups excluding carboxylic acids is 1. The van der Waals surface area contributed by atoms with E-state index in [1.165, 1.54) is 6.08 Å². The quantitative estimate of drug-likeness (QED) is 0.317. The highest BCUT2D eigenvalue weighted by atomic mass is 16.5. The number of phenolic OH excluding ortho intramolecular Hbond substituents is 1. The average Bonchev–Trinajstić information content (AvgIpc) is 2.64. The molecule has 0 unspecified atom stereocenters. The van der Waals surface area contributed by atoms with Crippen molar-refractivity contribution < 1.29 is 14.6 Å². The largest absolute Gasteiger partial charge is 0.507 e. The van der Waals surface area contributed by atoms with Crippen LogP contribution in [-0.2, 0) is 6.42 Å². The van der Waals surface area contributed by atoms with Crippen molar-refractivity contribution >= 4 is 11.9 Å². The fraction of sp³-hybridized carbons (Fsp3) is 0.174. The van der Waals surface area contributed by atoms with Crippen molar-refractivity contribution in [2.45, 2.75) is 20.3 Å². The summed E-state index contributed by atoms with van der Waals surface area (Å²) in [4.78, 5) is 12.4. The Balaban J connectivity index is 2.20. The van der Waals surface area contributed by atoms with Crippen LogP contribution in [0.25, 0.3) is 6.08 Å². The van der Waals surface area contributed by atoms with Gasteiger partial charge in [-0.15, -0.1) is 0 Å². The molecule has 134 valence electrons. The molecule has 0 aromatic heterocycles. The van der Waals surface area contributed by atoms with E-state index in [1.54, 1.807) is 31.4 Å². The second-order valence-electron chi connectivity index (χ2n) is 6.12. The van der Waals surface area contributed by atoms with Crippen LogP contribution in [0.15, 0.2) is 72.3 Å². The number of allylic oxidation sites excluding steroid dienone is 5. The Morgan fingerprint density at radius 3 is 2.46 bits per heavy atom. The number of rotatable bonds is 7. The zero-order valence-corrected chi connectivity index (χ0v) is 15.4. The van der Waals surface area contributed by atoms with Crippen LogP contribution in [0.2, 0.25) is 0 Å². The van der Waals surface area contributed by atoms with Crippen LogP contribution in [0.5, 0.6) is 11.5 Å². The SMILES string of the molecule is COc1ccc(C(=O)/C=C/C=C/c2ccccc2)c(O)c1CC=C(C)C. The molecule has 2 rings (SSSR count). The smallest absolute Gasteiger partial charge is 0.189 e. The molecule has 0 saturated heterocycles. The number of ether oxygens (including phenoxy) is 1. The monoisotopic (exact) mass is 348 g/mol. The summed E-state index contributed by atoms with van der Waals surface area (Å²) in [6, 6.07) is 13.1. The third-order valence-corrected chi connectivity index (χ3v) is 3.89. The fourth-order valence-electron chi connectivity index (χ4n) is 2.47. The lowest BCUT2D eigenvalue weighted by Gasteiger charge is -2.11. The van der Waals surface area contributed by atoms with E-state index in [0.29, 0.717) is 17.7 Å². The van der Waals surface area contributed by atoms with Crippen LogP contribution in [0.4, 0.5) is 0 Å². The van der Waals surface area contributed by atoms with Crippen molar-refractivity contribution in [1.82, 2.24) is 0 Å². The Kier molecular flexibility index (Phi) is 6.98. The number of hydrogen-bond donors (Lipinski definition) is 1. The Morgan fingerprint density at radius 2 is 1.81 bits per heavy atom. The number of benzene rings is 2. The summed E-state index contributed by atoms with van der Waals surface area (Å²) in [6.07, 6.45) is 9.34. The van der Waals surface area contributed by atoms with Gasteiger partial charge < -0.3 is 9.84 Å². The maximum Gasteiger partial charge on any atom is 0.189 e. The molecule has 3 heteroatoms. The number of aromatic hydroxyl groups is 1. The van der Waals surface area contributed by atoms with Gasteiger partial charge >= 0.3 is 0 Å². The number of ketones is 1. The van der Waals surface area contributed by atoms with E-state index >= 15 is 0 Å². The first kappa shape index (κ1) is 19.3. The molecule has 0 amide bonds. The van der Waals surface area contributed by atoms with Crippen LogP contribution in [0.3, 0.4) is 0 Å². The number of hydrogen-bond acceptors (Lipinski definition) is 3. The average molecular weight is 348 g/mol. The first-order chi connectivity index (χ1) is 12.5. The molecule has 0 spiro atoms. The zero-order chi connectivity index (χ0) is 18.9. The van der Waals surface area contributed by atoms with Crippen molar-refractivity contribution in [1.29, 1.82) is 0 Å². The summed E-state index contributed by atoms with van der Waals surface area (Å²) in [7, 11) is 1.55. The van der Waals surface area contributed by atoms with Gasteiger partial charge in [-0.2, -0.15) is 0 Å². The van der Waals surface area contributed by atoms with Crippen LogP contribution in [0.1, 0.15) is 35.3 Å². The lowest BCUT2D eigenvalue weighted by atomic mass is 10.0. The highest BCUT2D eigenvalue weighted by Crippen LogP contribution is 2.32.